The van der Waals surface area contributed by atoms with E-state index in [1.165, 1.54) is 12.8 Å². The van der Waals surface area contributed by atoms with E-state index < -0.39 is 63.7 Å². The van der Waals surface area contributed by atoms with Gasteiger partial charge in [0.1, 0.15) is 33.0 Å². The van der Waals surface area contributed by atoms with Crippen LogP contribution in [-0.2, 0) is 23.7 Å². The number of carbonyl (C=O) groups is 1. The van der Waals surface area contributed by atoms with Crippen LogP contribution in [0.25, 0.3) is 0 Å². The van der Waals surface area contributed by atoms with Gasteiger partial charge < -0.3 is 29.2 Å². The minimum atomic E-state index is -4.45. The van der Waals surface area contributed by atoms with E-state index in [4.69, 9.17) is 14.9 Å². The summed E-state index contributed by atoms with van der Waals surface area (Å²) in [7, 11) is 0. The fourth-order valence-corrected chi connectivity index (χ4v) is 2.04. The molecule has 276 valence electrons. The maximum Gasteiger partial charge on any atom is 0.411 e. The third-order valence-corrected chi connectivity index (χ3v) is 3.72. The van der Waals surface area contributed by atoms with Crippen molar-refractivity contribution in [1.82, 2.24) is 0 Å². The van der Waals surface area contributed by atoms with Gasteiger partial charge in [-0.3, -0.25) is 0 Å². The largest absolute Gasteiger partial charge is 0.480 e. The molecule has 1 aliphatic rings. The Bertz CT molecular complexity index is 648. The van der Waals surface area contributed by atoms with Crippen molar-refractivity contribution in [3.8, 4) is 0 Å². The van der Waals surface area contributed by atoms with Crippen LogP contribution in [0.5, 0.6) is 0 Å². The van der Waals surface area contributed by atoms with Gasteiger partial charge in [0.15, 0.2) is 0 Å². The molecule has 0 atom stereocenters. The normalized spacial score (nSPS) is 13.0. The van der Waals surface area contributed by atoms with Gasteiger partial charge in [-0.15, -0.1) is 0 Å². The van der Waals surface area contributed by atoms with Gasteiger partial charge in [-0.05, 0) is 12.8 Å². The number of rotatable bonds is 11. The zero-order valence-corrected chi connectivity index (χ0v) is 25.4. The maximum atomic E-state index is 11.5. The number of ether oxygens (including phenoxy) is 4. The van der Waals surface area contributed by atoms with E-state index in [9.17, 15) is 57.5 Å². The van der Waals surface area contributed by atoms with Crippen LogP contribution in [0.1, 0.15) is 27.7 Å². The van der Waals surface area contributed by atoms with Gasteiger partial charge in [0.05, 0.1) is 13.2 Å². The predicted octanol–water partition coefficient (Wildman–Crippen LogP) is 8.29. The average Bonchev–Trinajstić information content (AvgIpc) is 3.43. The number of hydrogen-bond donors (Lipinski definition) is 2. The Kier molecular flexibility index (Phi) is 42.7. The molecular weight excluding hydrogens is 788 g/mol. The van der Waals surface area contributed by atoms with Gasteiger partial charge in [-0.1, -0.05) is 71.0 Å². The third kappa shape index (κ3) is 80.3. The molecule has 1 aliphatic heterocycles. The van der Waals surface area contributed by atoms with E-state index >= 15 is 0 Å². The molecule has 1 heterocycles. The molecule has 0 aromatic rings. The summed E-state index contributed by atoms with van der Waals surface area (Å²) >= 11 is 6.49. The lowest BCUT2D eigenvalue weighted by atomic mass is 10.4. The highest BCUT2D eigenvalue weighted by molar-refractivity contribution is 9.09. The summed E-state index contributed by atoms with van der Waals surface area (Å²) in [4.78, 5) is 9.59. The number of hydrogen-bond acceptors (Lipinski definition) is 6. The molecule has 0 radical (unpaired) electrons. The molecule has 1 saturated heterocycles. The topological polar surface area (TPSA) is 94.5 Å². The van der Waals surface area contributed by atoms with Crippen LogP contribution in [0.2, 0.25) is 0 Å². The summed E-state index contributed by atoms with van der Waals surface area (Å²) < 4.78 is 151. The molecular formula is C24H40Br2F12O7. The second kappa shape index (κ2) is 34.2. The van der Waals surface area contributed by atoms with Gasteiger partial charge in [0.2, 0.25) is 0 Å². The predicted molar refractivity (Wildman–Crippen MR) is 151 cm³/mol. The molecule has 0 aliphatic carbocycles. The van der Waals surface area contributed by atoms with Crippen molar-refractivity contribution in [3.05, 3.63) is 24.3 Å². The number of carboxylic acids is 1. The summed E-state index contributed by atoms with van der Waals surface area (Å²) in [6.07, 6.45) is -8.69. The molecule has 1 rings (SSSR count). The first-order valence-corrected chi connectivity index (χ1v) is 13.7. The minimum absolute atomic E-state index is 0. The van der Waals surface area contributed by atoms with E-state index in [1.807, 2.05) is 0 Å². The number of aliphatic carboxylic acids is 1. The molecule has 0 amide bonds. The Morgan fingerprint density at radius 2 is 0.956 bits per heavy atom. The number of allylic oxidation sites excluding steroid dienone is 2. The van der Waals surface area contributed by atoms with E-state index in [0.29, 0.717) is 0 Å². The number of aliphatic hydroxyl groups excluding tert-OH is 1. The number of alkyl halides is 14. The highest BCUT2D eigenvalue weighted by Crippen LogP contribution is 2.15. The van der Waals surface area contributed by atoms with Crippen LogP contribution < -0.4 is 0 Å². The van der Waals surface area contributed by atoms with Crippen LogP contribution in [-0.4, -0.2) is 111 Å². The van der Waals surface area contributed by atoms with E-state index in [0.717, 1.165) is 36.0 Å². The van der Waals surface area contributed by atoms with Gasteiger partial charge >= 0.3 is 30.7 Å². The van der Waals surface area contributed by atoms with Crippen molar-refractivity contribution >= 4 is 37.8 Å². The van der Waals surface area contributed by atoms with Crippen molar-refractivity contribution in [2.45, 2.75) is 52.4 Å². The fourth-order valence-electron chi connectivity index (χ4n) is 1.51. The summed E-state index contributed by atoms with van der Waals surface area (Å²) in [6, 6.07) is 0. The molecule has 1 fully saturated rings. The maximum absolute atomic E-state index is 11.5. The number of halogens is 14. The summed E-state index contributed by atoms with van der Waals surface area (Å²) in [6.45, 7) is -5.59. The Balaban J connectivity index is -0.000000113. The standard InChI is InChI=1S/C8H10F6O2.C4H6Br2.C4H5F3O3.C4H8O.C2H3F3O.2CH4/c9-7(10,11)5-15-3-1-2-4-16-6-8(12,13)14;5-3-1-2-4-6;5-4(6,7)2-10-1-3(8)9;1-2-4-5-3-1;3-2(4,5)1-6;;/h1-2H,3-6H2;1-2H,3-4H2;1-2H2,(H,8,9);1-4H2;6H,1H2;2*1H4. The van der Waals surface area contributed by atoms with Crippen molar-refractivity contribution in [2.75, 3.05) is 70.1 Å². The first-order chi connectivity index (χ1) is 19.6. The van der Waals surface area contributed by atoms with Crippen LogP contribution >= 0.6 is 31.9 Å². The zero-order chi connectivity index (χ0) is 34.4. The zero-order valence-electron chi connectivity index (χ0n) is 22.2. The molecule has 0 spiro atoms. The molecule has 0 saturated carbocycles. The molecule has 0 aromatic heterocycles. The average molecular weight is 828 g/mol. The van der Waals surface area contributed by atoms with Crippen molar-refractivity contribution in [2.24, 2.45) is 0 Å². The molecule has 45 heavy (non-hydrogen) atoms. The summed E-state index contributed by atoms with van der Waals surface area (Å²) in [5.41, 5.74) is 0. The lowest BCUT2D eigenvalue weighted by molar-refractivity contribution is -0.179. The fraction of sp³-hybridized carbons (Fsp3) is 0.792. The Morgan fingerprint density at radius 3 is 1.16 bits per heavy atom. The first kappa shape index (κ1) is 56.2. The van der Waals surface area contributed by atoms with Gasteiger partial charge in [-0.25, -0.2) is 4.79 Å². The molecule has 21 heteroatoms. The second-order valence-corrected chi connectivity index (χ2v) is 8.40. The van der Waals surface area contributed by atoms with E-state index in [1.54, 1.807) is 0 Å². The Labute approximate surface area is 271 Å². The first-order valence-electron chi connectivity index (χ1n) is 11.4. The van der Waals surface area contributed by atoms with Crippen LogP contribution in [0.4, 0.5) is 52.7 Å². The SMILES string of the molecule is BrCC=CCBr.C.C.C1CCOC1.FC(F)(F)COCC=CCOCC(F)(F)F.O=C(O)COCC(F)(F)F.OCC(F)(F)F. The van der Waals surface area contributed by atoms with Gasteiger partial charge in [-0.2, -0.15) is 52.7 Å². The van der Waals surface area contributed by atoms with Crippen molar-refractivity contribution < 1.29 is 86.6 Å². The summed E-state index contributed by atoms with van der Waals surface area (Å²) in [5, 5.41) is 17.0. The molecule has 0 aromatic carbocycles. The van der Waals surface area contributed by atoms with Crippen molar-refractivity contribution in [3.63, 3.8) is 0 Å². The lowest BCUT2D eigenvalue weighted by Crippen LogP contribution is -2.19. The number of aliphatic hydroxyl groups is 1. The second-order valence-electron chi connectivity index (χ2n) is 7.11. The Morgan fingerprint density at radius 1 is 0.644 bits per heavy atom. The van der Waals surface area contributed by atoms with Crippen LogP contribution in [0.15, 0.2) is 24.3 Å². The smallest absolute Gasteiger partial charge is 0.411 e. The van der Waals surface area contributed by atoms with Gasteiger partial charge in [0, 0.05) is 23.9 Å². The van der Waals surface area contributed by atoms with Crippen LogP contribution in [0.3, 0.4) is 0 Å². The highest BCUT2D eigenvalue weighted by atomic mass is 79.9. The minimum Gasteiger partial charge on any atom is -0.480 e. The highest BCUT2D eigenvalue weighted by Gasteiger charge is 2.28. The van der Waals surface area contributed by atoms with Crippen molar-refractivity contribution in [1.29, 1.82) is 0 Å². The monoisotopic (exact) mass is 826 g/mol. The number of carboxylic acid groups (broad SMARTS) is 1. The van der Waals surface area contributed by atoms with Gasteiger partial charge in [0.25, 0.3) is 0 Å². The van der Waals surface area contributed by atoms with E-state index in [-0.39, 0.29) is 28.1 Å². The molecule has 0 unspecified atom stereocenters. The third-order valence-electron chi connectivity index (χ3n) is 2.97. The lowest BCUT2D eigenvalue weighted by Gasteiger charge is -2.05. The Hall–Kier alpha value is -1.13. The quantitative estimate of drug-likeness (QED) is 0.0938. The summed E-state index contributed by atoms with van der Waals surface area (Å²) in [5.74, 6) is -1.41. The molecule has 2 N–H and O–H groups in total. The van der Waals surface area contributed by atoms with E-state index in [2.05, 4.69) is 58.2 Å². The molecule has 0 bridgehead atoms. The molecule has 7 nitrogen and oxygen atoms in total. The van der Waals surface area contributed by atoms with Crippen LogP contribution in [0, 0.1) is 0 Å².